The maximum atomic E-state index is 11.9. The second kappa shape index (κ2) is 5.63. The Morgan fingerprint density at radius 2 is 2.20 bits per heavy atom. The van der Waals surface area contributed by atoms with Crippen LogP contribution in [0.15, 0.2) is 16.2 Å². The number of nitrogens with two attached hydrogens (primary N) is 1. The van der Waals surface area contributed by atoms with Crippen LogP contribution in [0.3, 0.4) is 0 Å². The monoisotopic (exact) mass is 292 g/mol. The Bertz CT molecular complexity index is 642. The molecular weight excluding hydrogens is 272 g/mol. The smallest absolute Gasteiger partial charge is 0.268 e. The third-order valence-corrected chi connectivity index (χ3v) is 5.03. The number of aromatic amines is 1. The number of nitrogens with zero attached hydrogens (tertiary/aromatic N) is 2. The normalized spacial score (nSPS) is 23.6. The van der Waals surface area contributed by atoms with Crippen molar-refractivity contribution < 1.29 is 0 Å². The number of H-pyrrole nitrogens is 1. The Balaban J connectivity index is 1.73. The summed E-state index contributed by atoms with van der Waals surface area (Å²) in [7, 11) is 2.10. The Morgan fingerprint density at radius 1 is 1.45 bits per heavy atom. The number of aromatic nitrogens is 2. The van der Waals surface area contributed by atoms with E-state index in [4.69, 9.17) is 5.73 Å². The highest BCUT2D eigenvalue weighted by Crippen LogP contribution is 2.22. The molecule has 0 unspecified atom stereocenters. The van der Waals surface area contributed by atoms with Crippen LogP contribution in [0.1, 0.15) is 31.5 Å². The number of thiophene rings is 1. The van der Waals surface area contributed by atoms with Gasteiger partial charge in [0, 0.05) is 12.1 Å². The molecule has 5 nitrogen and oxygen atoms in total. The van der Waals surface area contributed by atoms with Crippen LogP contribution in [-0.2, 0) is 6.54 Å². The molecule has 20 heavy (non-hydrogen) atoms. The summed E-state index contributed by atoms with van der Waals surface area (Å²) in [6, 6.07) is 2.80. The summed E-state index contributed by atoms with van der Waals surface area (Å²) >= 11 is 1.44. The van der Waals surface area contributed by atoms with Crippen molar-refractivity contribution in [1.82, 2.24) is 14.9 Å². The van der Waals surface area contributed by atoms with Gasteiger partial charge in [0.2, 0.25) is 0 Å². The lowest BCUT2D eigenvalue weighted by Crippen LogP contribution is -2.38. The second-order valence-electron chi connectivity index (χ2n) is 5.63. The number of hydrogen-bond donors (Lipinski definition) is 2. The molecule has 2 aromatic rings. The molecular formula is C14H20N4OS. The average molecular weight is 292 g/mol. The number of fused-ring (bicyclic) bond motifs is 1. The lowest BCUT2D eigenvalue weighted by Gasteiger charge is -2.33. The van der Waals surface area contributed by atoms with Gasteiger partial charge in [0.05, 0.1) is 12.1 Å². The summed E-state index contributed by atoms with van der Waals surface area (Å²) in [4.78, 5) is 21.6. The molecule has 0 aliphatic heterocycles. The summed E-state index contributed by atoms with van der Waals surface area (Å²) < 4.78 is 0.708. The van der Waals surface area contributed by atoms with Crippen molar-refractivity contribution in [1.29, 1.82) is 0 Å². The Labute approximate surface area is 121 Å². The zero-order chi connectivity index (χ0) is 14.1. The molecule has 0 spiro atoms. The van der Waals surface area contributed by atoms with Gasteiger partial charge >= 0.3 is 0 Å². The van der Waals surface area contributed by atoms with E-state index in [9.17, 15) is 4.79 Å². The molecule has 1 aliphatic carbocycles. The largest absolute Gasteiger partial charge is 0.328 e. The van der Waals surface area contributed by atoms with Crippen molar-refractivity contribution in [3.05, 3.63) is 27.6 Å². The Kier molecular flexibility index (Phi) is 3.87. The highest BCUT2D eigenvalue weighted by atomic mass is 32.1. The van der Waals surface area contributed by atoms with Gasteiger partial charge < -0.3 is 10.7 Å². The average Bonchev–Trinajstić information content (AvgIpc) is 2.88. The van der Waals surface area contributed by atoms with E-state index in [0.29, 0.717) is 23.3 Å². The van der Waals surface area contributed by atoms with Gasteiger partial charge in [-0.15, -0.1) is 11.3 Å². The molecule has 3 rings (SSSR count). The van der Waals surface area contributed by atoms with E-state index in [-0.39, 0.29) is 5.56 Å². The van der Waals surface area contributed by atoms with E-state index >= 15 is 0 Å². The number of nitrogens with one attached hydrogen (secondary N) is 1. The molecule has 1 fully saturated rings. The zero-order valence-electron chi connectivity index (χ0n) is 11.6. The summed E-state index contributed by atoms with van der Waals surface area (Å²) in [5.74, 6) is 0.748. The lowest BCUT2D eigenvalue weighted by molar-refractivity contribution is 0.173. The predicted molar refractivity (Wildman–Crippen MR) is 81.9 cm³/mol. The lowest BCUT2D eigenvalue weighted by atomic mass is 9.91. The van der Waals surface area contributed by atoms with E-state index in [1.165, 1.54) is 11.3 Å². The fourth-order valence-corrected chi connectivity index (χ4v) is 3.63. The summed E-state index contributed by atoms with van der Waals surface area (Å²) in [6.45, 7) is 0.681. The van der Waals surface area contributed by atoms with Crippen molar-refractivity contribution in [2.24, 2.45) is 5.73 Å². The zero-order valence-corrected chi connectivity index (χ0v) is 12.4. The topological polar surface area (TPSA) is 75.0 Å². The molecule has 0 radical (unpaired) electrons. The van der Waals surface area contributed by atoms with Gasteiger partial charge in [-0.2, -0.15) is 0 Å². The van der Waals surface area contributed by atoms with Gasteiger partial charge in [0.15, 0.2) is 0 Å². The van der Waals surface area contributed by atoms with Crippen LogP contribution in [-0.4, -0.2) is 34.0 Å². The van der Waals surface area contributed by atoms with Crippen LogP contribution in [0.5, 0.6) is 0 Å². The van der Waals surface area contributed by atoms with Crippen LogP contribution >= 0.6 is 11.3 Å². The Morgan fingerprint density at radius 3 is 2.95 bits per heavy atom. The van der Waals surface area contributed by atoms with E-state index in [1.807, 2.05) is 11.4 Å². The molecule has 0 bridgehead atoms. The fraction of sp³-hybridized carbons (Fsp3) is 0.571. The Hall–Kier alpha value is -1.24. The third kappa shape index (κ3) is 2.77. The third-order valence-electron chi connectivity index (χ3n) is 4.13. The van der Waals surface area contributed by atoms with Gasteiger partial charge in [-0.1, -0.05) is 0 Å². The highest BCUT2D eigenvalue weighted by molar-refractivity contribution is 7.17. The van der Waals surface area contributed by atoms with Crippen LogP contribution in [0.2, 0.25) is 0 Å². The SMILES string of the molecule is CN(Cc1nc2ccsc2c(=O)[nH]1)C1CCC(N)CC1. The van der Waals surface area contributed by atoms with Crippen LogP contribution < -0.4 is 11.3 Å². The molecule has 6 heteroatoms. The van der Waals surface area contributed by atoms with E-state index in [2.05, 4.69) is 21.9 Å². The van der Waals surface area contributed by atoms with Gasteiger partial charge in [-0.25, -0.2) is 4.98 Å². The molecule has 3 N–H and O–H groups in total. The first-order valence-corrected chi connectivity index (χ1v) is 7.93. The van der Waals surface area contributed by atoms with Gasteiger partial charge in [0.25, 0.3) is 5.56 Å². The first-order chi connectivity index (χ1) is 9.63. The van der Waals surface area contributed by atoms with Crippen LogP contribution in [0.4, 0.5) is 0 Å². The molecule has 0 atom stereocenters. The van der Waals surface area contributed by atoms with Crippen LogP contribution in [0, 0.1) is 0 Å². The summed E-state index contributed by atoms with van der Waals surface area (Å²) in [6.07, 6.45) is 4.43. The minimum Gasteiger partial charge on any atom is -0.328 e. The van der Waals surface area contributed by atoms with Gasteiger partial charge in [0.1, 0.15) is 10.5 Å². The molecule has 1 saturated carbocycles. The predicted octanol–water partition coefficient (Wildman–Crippen LogP) is 1.69. The molecule has 0 saturated heterocycles. The van der Waals surface area contributed by atoms with Gasteiger partial charge in [-0.05, 0) is 44.2 Å². The van der Waals surface area contributed by atoms with Crippen molar-refractivity contribution in [3.8, 4) is 0 Å². The van der Waals surface area contributed by atoms with Crippen molar-refractivity contribution in [2.75, 3.05) is 7.05 Å². The second-order valence-corrected chi connectivity index (χ2v) is 6.55. The minimum absolute atomic E-state index is 0.0286. The van der Waals surface area contributed by atoms with E-state index < -0.39 is 0 Å². The van der Waals surface area contributed by atoms with E-state index in [0.717, 1.165) is 37.0 Å². The maximum absolute atomic E-state index is 11.9. The highest BCUT2D eigenvalue weighted by Gasteiger charge is 2.22. The van der Waals surface area contributed by atoms with Crippen molar-refractivity contribution >= 4 is 21.6 Å². The summed E-state index contributed by atoms with van der Waals surface area (Å²) in [5, 5.41) is 1.91. The van der Waals surface area contributed by atoms with Crippen molar-refractivity contribution in [2.45, 2.75) is 44.3 Å². The van der Waals surface area contributed by atoms with Crippen molar-refractivity contribution in [3.63, 3.8) is 0 Å². The quantitative estimate of drug-likeness (QED) is 0.902. The molecule has 2 heterocycles. The molecule has 2 aromatic heterocycles. The van der Waals surface area contributed by atoms with E-state index in [1.54, 1.807) is 0 Å². The molecule has 0 aromatic carbocycles. The molecule has 1 aliphatic rings. The standard InChI is InChI=1S/C14H20N4OS/c1-18(10-4-2-9(15)3-5-10)8-12-16-11-6-7-20-13(11)14(19)17-12/h6-7,9-10H,2-5,8,15H2,1H3,(H,16,17,19). The van der Waals surface area contributed by atoms with Gasteiger partial charge in [-0.3, -0.25) is 9.69 Å². The number of hydrogen-bond acceptors (Lipinski definition) is 5. The molecule has 0 amide bonds. The maximum Gasteiger partial charge on any atom is 0.268 e. The number of rotatable bonds is 3. The first-order valence-electron chi connectivity index (χ1n) is 7.05. The first kappa shape index (κ1) is 13.7. The fourth-order valence-electron chi connectivity index (χ4n) is 2.90. The summed E-state index contributed by atoms with van der Waals surface area (Å²) in [5.41, 5.74) is 6.71. The minimum atomic E-state index is -0.0286. The van der Waals surface area contributed by atoms with Crippen LogP contribution in [0.25, 0.3) is 10.2 Å². The molecule has 108 valence electrons.